The average Bonchev–Trinajstić information content (AvgIpc) is 2.84. The number of rotatable bonds is 2. The summed E-state index contributed by atoms with van der Waals surface area (Å²) in [7, 11) is 2.44. The van der Waals surface area contributed by atoms with E-state index in [0.717, 1.165) is 0 Å². The molecule has 0 unspecified atom stereocenters. The maximum absolute atomic E-state index is 12.2. The lowest BCUT2D eigenvalue weighted by molar-refractivity contribution is -0.174. The van der Waals surface area contributed by atoms with Crippen LogP contribution in [-0.4, -0.2) is 38.1 Å². The summed E-state index contributed by atoms with van der Waals surface area (Å²) in [5, 5.41) is 0. The number of fused-ring (bicyclic) bond motifs is 1. The largest absolute Gasteiger partial charge is 0.468 e. The van der Waals surface area contributed by atoms with E-state index in [1.54, 1.807) is 0 Å². The highest BCUT2D eigenvalue weighted by Crippen LogP contribution is 2.62. The van der Waals surface area contributed by atoms with Gasteiger partial charge in [0.25, 0.3) is 0 Å². The van der Waals surface area contributed by atoms with Crippen molar-refractivity contribution < 1.29 is 33.4 Å². The predicted molar refractivity (Wildman–Crippen MR) is 65.4 cm³/mol. The van der Waals surface area contributed by atoms with Crippen LogP contribution in [0.25, 0.3) is 0 Å². The molecular weight excluding hydrogens is 280 g/mol. The van der Waals surface area contributed by atoms with Crippen LogP contribution in [0.2, 0.25) is 0 Å². The Morgan fingerprint density at radius 3 is 1.67 bits per heavy atom. The van der Waals surface area contributed by atoms with Gasteiger partial charge in [-0.3, -0.25) is 19.2 Å². The van der Waals surface area contributed by atoms with Crippen molar-refractivity contribution in [1.82, 2.24) is 0 Å². The Bertz CT molecular complexity index is 542. The zero-order chi connectivity index (χ0) is 15.4. The molecule has 1 saturated heterocycles. The Hall–Kier alpha value is -2.18. The van der Waals surface area contributed by atoms with E-state index >= 15 is 0 Å². The monoisotopic (exact) mass is 294 g/mol. The van der Waals surface area contributed by atoms with Crippen LogP contribution in [-0.2, 0) is 33.4 Å². The Morgan fingerprint density at radius 2 is 1.38 bits per heavy atom. The van der Waals surface area contributed by atoms with Gasteiger partial charge in [-0.05, 0) is 12.8 Å². The van der Waals surface area contributed by atoms with Crippen molar-refractivity contribution in [3.8, 4) is 0 Å². The molecule has 1 saturated carbocycles. The van der Waals surface area contributed by atoms with Crippen LogP contribution in [0.1, 0.15) is 12.8 Å². The maximum atomic E-state index is 12.2. The summed E-state index contributed by atoms with van der Waals surface area (Å²) < 4.78 is 14.3. The van der Waals surface area contributed by atoms with Gasteiger partial charge in [-0.1, -0.05) is 12.2 Å². The van der Waals surface area contributed by atoms with Gasteiger partial charge in [0.05, 0.1) is 26.1 Å². The summed E-state index contributed by atoms with van der Waals surface area (Å²) in [6, 6.07) is 0. The van der Waals surface area contributed by atoms with E-state index < -0.39 is 46.5 Å². The van der Waals surface area contributed by atoms with Crippen LogP contribution in [0, 0.1) is 22.7 Å². The number of hydrogen-bond acceptors (Lipinski definition) is 7. The zero-order valence-electron chi connectivity index (χ0n) is 11.6. The number of carbonyl (C=O) groups excluding carboxylic acids is 4. The summed E-state index contributed by atoms with van der Waals surface area (Å²) >= 11 is 0. The highest BCUT2D eigenvalue weighted by Gasteiger charge is 2.72. The molecule has 7 heteroatoms. The van der Waals surface area contributed by atoms with E-state index in [9.17, 15) is 19.2 Å². The van der Waals surface area contributed by atoms with E-state index in [2.05, 4.69) is 0 Å². The smallest absolute Gasteiger partial charge is 0.319 e. The van der Waals surface area contributed by atoms with Crippen LogP contribution in [0.3, 0.4) is 0 Å². The molecule has 4 rings (SSSR count). The quantitative estimate of drug-likeness (QED) is 0.306. The van der Waals surface area contributed by atoms with Gasteiger partial charge >= 0.3 is 23.9 Å². The third-order valence-electron chi connectivity index (χ3n) is 4.91. The summed E-state index contributed by atoms with van der Waals surface area (Å²) in [5.41, 5.74) is -2.48. The summed E-state index contributed by atoms with van der Waals surface area (Å²) in [6.45, 7) is 0. The molecular formula is C14H14O7. The first-order chi connectivity index (χ1) is 9.93. The Kier molecular flexibility index (Phi) is 2.73. The minimum atomic E-state index is -1.24. The van der Waals surface area contributed by atoms with Gasteiger partial charge < -0.3 is 14.2 Å². The molecule has 4 atom stereocenters. The second kappa shape index (κ2) is 4.16. The van der Waals surface area contributed by atoms with Crippen LogP contribution < -0.4 is 0 Å². The first kappa shape index (κ1) is 13.8. The normalized spacial score (nSPS) is 39.7. The van der Waals surface area contributed by atoms with Gasteiger partial charge in [0, 0.05) is 0 Å². The second-order valence-corrected chi connectivity index (χ2v) is 5.59. The van der Waals surface area contributed by atoms with Gasteiger partial charge in [-0.2, -0.15) is 0 Å². The topological polar surface area (TPSA) is 96.0 Å². The molecule has 0 spiro atoms. The van der Waals surface area contributed by atoms with Gasteiger partial charge in [0.15, 0.2) is 0 Å². The van der Waals surface area contributed by atoms with Gasteiger partial charge in [-0.15, -0.1) is 0 Å². The van der Waals surface area contributed by atoms with Crippen LogP contribution in [0.5, 0.6) is 0 Å². The fourth-order valence-electron chi connectivity index (χ4n) is 3.88. The van der Waals surface area contributed by atoms with E-state index in [-0.39, 0.29) is 12.8 Å². The molecule has 2 fully saturated rings. The number of cyclic esters (lactones) is 2. The fourth-order valence-corrected chi connectivity index (χ4v) is 3.88. The number of methoxy groups -OCH3 is 2. The molecule has 7 nitrogen and oxygen atoms in total. The molecule has 0 aromatic rings. The van der Waals surface area contributed by atoms with Crippen molar-refractivity contribution in [2.24, 2.45) is 22.7 Å². The minimum absolute atomic E-state index is 0.231. The molecule has 0 radical (unpaired) electrons. The number of carbonyl (C=O) groups is 4. The minimum Gasteiger partial charge on any atom is -0.468 e. The number of hydrogen-bond donors (Lipinski definition) is 0. The summed E-state index contributed by atoms with van der Waals surface area (Å²) in [4.78, 5) is 48.5. The molecule has 0 aromatic heterocycles. The predicted octanol–water partition coefficient (Wildman–Crippen LogP) is -0.0154. The van der Waals surface area contributed by atoms with Gasteiger partial charge in [0.1, 0.15) is 10.8 Å². The fraction of sp³-hybridized carbons (Fsp3) is 0.571. The Morgan fingerprint density at radius 1 is 1.00 bits per heavy atom. The lowest BCUT2D eigenvalue weighted by atomic mass is 9.48. The standard InChI is InChI=1S/C14H14O7/c1-19-11(17)13-3-5-14(6-4-13,12(18)20-2)8-7(13)9(15)21-10(8)16/h3,5,7-8H,4,6H2,1-2H3/t7-,8+,13+,14-. The van der Waals surface area contributed by atoms with Crippen LogP contribution in [0.15, 0.2) is 12.2 Å². The van der Waals surface area contributed by atoms with Crippen molar-refractivity contribution in [3.63, 3.8) is 0 Å². The number of esters is 4. The molecule has 3 aliphatic carbocycles. The molecule has 4 aliphatic rings. The molecule has 112 valence electrons. The van der Waals surface area contributed by atoms with E-state index in [1.807, 2.05) is 0 Å². The van der Waals surface area contributed by atoms with E-state index in [0.29, 0.717) is 0 Å². The summed E-state index contributed by atoms with van der Waals surface area (Å²) in [6.07, 6.45) is 3.46. The van der Waals surface area contributed by atoms with Gasteiger partial charge in [0.2, 0.25) is 0 Å². The summed E-state index contributed by atoms with van der Waals surface area (Å²) in [5.74, 6) is -4.83. The lowest BCUT2D eigenvalue weighted by Gasteiger charge is -2.50. The van der Waals surface area contributed by atoms with Crippen molar-refractivity contribution in [2.75, 3.05) is 14.2 Å². The molecule has 0 amide bonds. The van der Waals surface area contributed by atoms with Crippen molar-refractivity contribution >= 4 is 23.9 Å². The molecule has 21 heavy (non-hydrogen) atoms. The van der Waals surface area contributed by atoms with E-state index in [1.165, 1.54) is 26.4 Å². The third kappa shape index (κ3) is 1.43. The van der Waals surface area contributed by atoms with Crippen LogP contribution >= 0.6 is 0 Å². The number of ether oxygens (including phenoxy) is 3. The SMILES string of the molecule is COC(=O)[C@]12C=C[C@](C(=O)OC)(CC1)[C@H]1C(=O)OC(=O)[C@H]12. The second-order valence-electron chi connectivity index (χ2n) is 5.59. The zero-order valence-corrected chi connectivity index (χ0v) is 11.6. The van der Waals surface area contributed by atoms with E-state index in [4.69, 9.17) is 14.2 Å². The highest BCUT2D eigenvalue weighted by atomic mass is 16.6. The maximum Gasteiger partial charge on any atom is 0.319 e. The van der Waals surface area contributed by atoms with Gasteiger partial charge in [-0.25, -0.2) is 0 Å². The molecule has 0 aromatic carbocycles. The van der Waals surface area contributed by atoms with Crippen molar-refractivity contribution in [2.45, 2.75) is 12.8 Å². The van der Waals surface area contributed by atoms with Crippen LogP contribution in [0.4, 0.5) is 0 Å². The highest BCUT2D eigenvalue weighted by molar-refractivity contribution is 6.05. The Labute approximate surface area is 120 Å². The first-order valence-electron chi connectivity index (χ1n) is 6.56. The third-order valence-corrected chi connectivity index (χ3v) is 4.91. The molecule has 1 heterocycles. The van der Waals surface area contributed by atoms with Crippen molar-refractivity contribution in [1.29, 1.82) is 0 Å². The van der Waals surface area contributed by atoms with Crippen molar-refractivity contribution in [3.05, 3.63) is 12.2 Å². The Balaban J connectivity index is 2.20. The molecule has 2 bridgehead atoms. The average molecular weight is 294 g/mol. The lowest BCUT2D eigenvalue weighted by Crippen LogP contribution is -2.58. The molecule has 1 aliphatic heterocycles. The molecule has 0 N–H and O–H groups in total. The first-order valence-corrected chi connectivity index (χ1v) is 6.56.